The van der Waals surface area contributed by atoms with Gasteiger partial charge in [-0.3, -0.25) is 0 Å². The molecule has 1 heterocycles. The number of halogens is 3. The molecular formula is C7H4BrF2N3O2S. The summed E-state index contributed by atoms with van der Waals surface area (Å²) >= 11 is 2.73. The van der Waals surface area contributed by atoms with Gasteiger partial charge in [0.05, 0.1) is 0 Å². The lowest BCUT2D eigenvalue weighted by molar-refractivity contribution is 0.145. The number of alkyl halides is 2. The predicted octanol–water partition coefficient (Wildman–Crippen LogP) is 1.30. The molecule has 16 heavy (non-hydrogen) atoms. The molecule has 0 atom stereocenters. The van der Waals surface area contributed by atoms with Crippen molar-refractivity contribution in [1.82, 2.24) is 4.98 Å². The summed E-state index contributed by atoms with van der Waals surface area (Å²) in [6.07, 6.45) is -2.95. The molecule has 1 aromatic heterocycles. The monoisotopic (exact) mass is 311 g/mol. The highest BCUT2D eigenvalue weighted by atomic mass is 79.9. The van der Waals surface area contributed by atoms with Crippen LogP contribution in [0, 0.1) is 11.3 Å². The molecule has 1 rings (SSSR count). The van der Waals surface area contributed by atoms with Crippen molar-refractivity contribution < 1.29 is 17.2 Å². The fraction of sp³-hybridized carbons (Fsp3) is 0.143. The van der Waals surface area contributed by atoms with E-state index in [1.54, 1.807) is 0 Å². The molecule has 0 amide bonds. The minimum atomic E-state index is -4.25. The van der Waals surface area contributed by atoms with Crippen molar-refractivity contribution in [3.63, 3.8) is 0 Å². The number of hydrogen-bond donors (Lipinski definition) is 1. The van der Waals surface area contributed by atoms with Crippen molar-refractivity contribution in [2.45, 2.75) is 11.3 Å². The van der Waals surface area contributed by atoms with E-state index >= 15 is 0 Å². The first-order valence-electron chi connectivity index (χ1n) is 3.69. The SMILES string of the molecule is N#Cc1c(S(N)(=O)=O)cc(C(F)F)nc1Br. The van der Waals surface area contributed by atoms with E-state index in [1.807, 2.05) is 0 Å². The zero-order valence-corrected chi connectivity index (χ0v) is 9.89. The Morgan fingerprint density at radius 2 is 2.12 bits per heavy atom. The van der Waals surface area contributed by atoms with E-state index in [2.05, 4.69) is 20.9 Å². The van der Waals surface area contributed by atoms with Crippen LogP contribution >= 0.6 is 15.9 Å². The highest BCUT2D eigenvalue weighted by molar-refractivity contribution is 9.10. The molecule has 0 bridgehead atoms. The Morgan fingerprint density at radius 3 is 2.50 bits per heavy atom. The van der Waals surface area contributed by atoms with Gasteiger partial charge in [0, 0.05) is 0 Å². The Morgan fingerprint density at radius 1 is 1.56 bits per heavy atom. The van der Waals surface area contributed by atoms with Crippen LogP contribution in [0.3, 0.4) is 0 Å². The smallest absolute Gasteiger partial charge is 0.238 e. The van der Waals surface area contributed by atoms with Crippen molar-refractivity contribution in [2.24, 2.45) is 5.14 Å². The van der Waals surface area contributed by atoms with E-state index in [0.29, 0.717) is 6.07 Å². The van der Waals surface area contributed by atoms with E-state index in [4.69, 9.17) is 10.4 Å². The number of aromatic nitrogens is 1. The highest BCUT2D eigenvalue weighted by Crippen LogP contribution is 2.26. The molecule has 1 aromatic rings. The lowest BCUT2D eigenvalue weighted by Gasteiger charge is -2.06. The van der Waals surface area contributed by atoms with Gasteiger partial charge in [-0.15, -0.1) is 0 Å². The number of nitrogens with two attached hydrogens (primary N) is 1. The van der Waals surface area contributed by atoms with Crippen LogP contribution < -0.4 is 5.14 Å². The Labute approximate surface area is 98.1 Å². The third-order valence-corrected chi connectivity index (χ3v) is 3.11. The van der Waals surface area contributed by atoms with Crippen molar-refractivity contribution >= 4 is 26.0 Å². The van der Waals surface area contributed by atoms with Gasteiger partial charge in [-0.1, -0.05) is 0 Å². The Kier molecular flexibility index (Phi) is 3.57. The average molecular weight is 312 g/mol. The Bertz CT molecular complexity index is 568. The molecule has 0 aliphatic heterocycles. The van der Waals surface area contributed by atoms with Crippen LogP contribution in [0.1, 0.15) is 17.7 Å². The molecule has 0 unspecified atom stereocenters. The van der Waals surface area contributed by atoms with Crippen LogP contribution in [-0.4, -0.2) is 13.4 Å². The second-order valence-corrected chi connectivity index (χ2v) is 4.95. The summed E-state index contributed by atoms with van der Waals surface area (Å²) in [5.74, 6) is 0. The normalized spacial score (nSPS) is 11.5. The molecule has 2 N–H and O–H groups in total. The number of hydrogen-bond acceptors (Lipinski definition) is 4. The van der Waals surface area contributed by atoms with E-state index in [-0.39, 0.29) is 4.60 Å². The minimum Gasteiger partial charge on any atom is -0.238 e. The Balaban J connectivity index is 3.64. The van der Waals surface area contributed by atoms with Crippen LogP contribution in [0.2, 0.25) is 0 Å². The zero-order valence-electron chi connectivity index (χ0n) is 7.49. The molecule has 0 aliphatic carbocycles. The number of pyridine rings is 1. The first-order valence-corrected chi connectivity index (χ1v) is 6.02. The zero-order chi connectivity index (χ0) is 12.5. The van der Waals surface area contributed by atoms with Gasteiger partial charge in [0.1, 0.15) is 26.8 Å². The van der Waals surface area contributed by atoms with Gasteiger partial charge in [0.15, 0.2) is 0 Å². The largest absolute Gasteiger partial charge is 0.280 e. The van der Waals surface area contributed by atoms with Gasteiger partial charge in [0.2, 0.25) is 10.0 Å². The van der Waals surface area contributed by atoms with Crippen molar-refractivity contribution in [3.05, 3.63) is 21.9 Å². The maximum Gasteiger partial charge on any atom is 0.280 e. The third kappa shape index (κ3) is 2.52. The number of rotatable bonds is 2. The van der Waals surface area contributed by atoms with Gasteiger partial charge >= 0.3 is 0 Å². The first kappa shape index (κ1) is 13.0. The molecule has 0 saturated heterocycles. The van der Waals surface area contributed by atoms with Gasteiger partial charge in [-0.05, 0) is 22.0 Å². The lowest BCUT2D eigenvalue weighted by atomic mass is 10.2. The molecule has 0 saturated carbocycles. The lowest BCUT2D eigenvalue weighted by Crippen LogP contribution is -2.15. The van der Waals surface area contributed by atoms with Crippen LogP contribution in [-0.2, 0) is 10.0 Å². The van der Waals surface area contributed by atoms with Gasteiger partial charge in [0.25, 0.3) is 6.43 Å². The molecule has 0 aliphatic rings. The number of nitrogens with zero attached hydrogens (tertiary/aromatic N) is 2. The quantitative estimate of drug-likeness (QED) is 0.832. The molecular weight excluding hydrogens is 308 g/mol. The fourth-order valence-electron chi connectivity index (χ4n) is 0.947. The minimum absolute atomic E-state index is 0.281. The summed E-state index contributed by atoms with van der Waals surface area (Å²) in [7, 11) is -4.25. The van der Waals surface area contributed by atoms with E-state index in [1.165, 1.54) is 6.07 Å². The van der Waals surface area contributed by atoms with E-state index < -0.39 is 32.6 Å². The summed E-state index contributed by atoms with van der Waals surface area (Å²) in [6, 6.07) is 2.11. The molecule has 0 aromatic carbocycles. The highest BCUT2D eigenvalue weighted by Gasteiger charge is 2.22. The molecule has 0 radical (unpaired) electrons. The maximum atomic E-state index is 12.3. The Hall–Kier alpha value is -1.11. The maximum absolute atomic E-state index is 12.3. The third-order valence-electron chi connectivity index (χ3n) is 1.60. The van der Waals surface area contributed by atoms with Crippen molar-refractivity contribution in [2.75, 3.05) is 0 Å². The van der Waals surface area contributed by atoms with Crippen LogP contribution in [0.5, 0.6) is 0 Å². The molecule has 0 fully saturated rings. The standard InChI is InChI=1S/C7H4BrF2N3O2S/c8-6-3(2-11)5(16(12,14)15)1-4(13-6)7(9)10/h1,7H,(H2,12,14,15). The summed E-state index contributed by atoms with van der Waals surface area (Å²) in [5, 5.41) is 13.5. The molecule has 5 nitrogen and oxygen atoms in total. The van der Waals surface area contributed by atoms with Crippen LogP contribution in [0.4, 0.5) is 8.78 Å². The second-order valence-electron chi connectivity index (χ2n) is 2.67. The fourth-order valence-corrected chi connectivity index (χ4v) is 2.30. The van der Waals surface area contributed by atoms with Gasteiger partial charge in [-0.2, -0.15) is 5.26 Å². The van der Waals surface area contributed by atoms with Crippen LogP contribution in [0.15, 0.2) is 15.6 Å². The number of sulfonamides is 1. The summed E-state index contributed by atoms with van der Waals surface area (Å²) < 4.78 is 46.6. The molecule has 9 heteroatoms. The van der Waals surface area contributed by atoms with E-state index in [0.717, 1.165) is 0 Å². The topological polar surface area (TPSA) is 96.8 Å². The van der Waals surface area contributed by atoms with Crippen LogP contribution in [0.25, 0.3) is 0 Å². The predicted molar refractivity (Wildman–Crippen MR) is 53.0 cm³/mol. The summed E-state index contributed by atoms with van der Waals surface area (Å²) in [6.45, 7) is 0. The van der Waals surface area contributed by atoms with Gasteiger partial charge < -0.3 is 0 Å². The summed E-state index contributed by atoms with van der Waals surface area (Å²) in [5.41, 5.74) is -1.16. The van der Waals surface area contributed by atoms with Crippen molar-refractivity contribution in [3.8, 4) is 6.07 Å². The van der Waals surface area contributed by atoms with Crippen molar-refractivity contribution in [1.29, 1.82) is 5.26 Å². The number of primary sulfonamides is 1. The second kappa shape index (κ2) is 4.40. The van der Waals surface area contributed by atoms with E-state index in [9.17, 15) is 17.2 Å². The summed E-state index contributed by atoms with van der Waals surface area (Å²) in [4.78, 5) is 2.67. The number of nitriles is 1. The van der Waals surface area contributed by atoms with Gasteiger partial charge in [-0.25, -0.2) is 27.3 Å². The molecule has 0 spiro atoms. The average Bonchev–Trinajstić information content (AvgIpc) is 2.14. The molecule has 86 valence electrons. The first-order chi connectivity index (χ1) is 7.27.